The van der Waals surface area contributed by atoms with E-state index in [1.54, 1.807) is 12.1 Å². The monoisotopic (exact) mass is 318 g/mol. The Morgan fingerprint density at radius 1 is 1.32 bits per heavy atom. The van der Waals surface area contributed by atoms with Gasteiger partial charge in [-0.1, -0.05) is 18.5 Å². The third kappa shape index (κ3) is 2.63. The third-order valence-electron chi connectivity index (χ3n) is 3.19. The average Bonchev–Trinajstić information content (AvgIpc) is 3.02. The van der Waals surface area contributed by atoms with Crippen molar-refractivity contribution in [1.29, 1.82) is 0 Å². The summed E-state index contributed by atoms with van der Waals surface area (Å²) >= 11 is 6.15. The van der Waals surface area contributed by atoms with Gasteiger partial charge in [0.05, 0.1) is 11.3 Å². The second-order valence-electron chi connectivity index (χ2n) is 4.59. The summed E-state index contributed by atoms with van der Waals surface area (Å²) in [5.74, 6) is -0.521. The Morgan fingerprint density at radius 2 is 2.14 bits per heavy atom. The molecule has 5 nitrogen and oxygen atoms in total. The summed E-state index contributed by atoms with van der Waals surface area (Å²) in [6, 6.07) is 7.52. The average molecular weight is 319 g/mol. The molecular weight excluding hydrogens is 308 g/mol. The molecular formula is C16H11ClO5. The van der Waals surface area contributed by atoms with Crippen LogP contribution in [0.5, 0.6) is 5.75 Å². The Kier molecular flexibility index (Phi) is 3.73. The van der Waals surface area contributed by atoms with Gasteiger partial charge in [0, 0.05) is 17.5 Å². The van der Waals surface area contributed by atoms with Gasteiger partial charge in [-0.2, -0.15) is 0 Å². The molecule has 0 saturated heterocycles. The lowest BCUT2D eigenvalue weighted by Gasteiger charge is -2.08. The molecule has 6 heteroatoms. The molecule has 2 aromatic heterocycles. The van der Waals surface area contributed by atoms with Crippen molar-refractivity contribution in [2.24, 2.45) is 0 Å². The molecule has 0 aliphatic carbocycles. The molecule has 0 saturated carbocycles. The Morgan fingerprint density at radius 3 is 2.82 bits per heavy atom. The molecule has 0 bridgehead atoms. The molecule has 0 radical (unpaired) electrons. The predicted molar refractivity (Wildman–Crippen MR) is 80.5 cm³/mol. The number of carbonyl (C=O) groups is 1. The minimum absolute atomic E-state index is 0.0555. The summed E-state index contributed by atoms with van der Waals surface area (Å²) in [7, 11) is 0. The van der Waals surface area contributed by atoms with E-state index in [2.05, 4.69) is 0 Å². The van der Waals surface area contributed by atoms with Gasteiger partial charge in [0.25, 0.3) is 0 Å². The molecule has 0 unspecified atom stereocenters. The van der Waals surface area contributed by atoms with Gasteiger partial charge < -0.3 is 13.6 Å². The van der Waals surface area contributed by atoms with Gasteiger partial charge in [0.15, 0.2) is 5.75 Å². The number of benzene rings is 1. The molecule has 0 amide bonds. The Labute approximate surface area is 130 Å². The smallest absolute Gasteiger partial charge is 0.379 e. The largest absolute Gasteiger partial charge is 0.457 e. The third-order valence-corrected chi connectivity index (χ3v) is 3.48. The number of halogens is 1. The van der Waals surface area contributed by atoms with Gasteiger partial charge in [-0.05, 0) is 30.2 Å². The normalized spacial score (nSPS) is 10.8. The van der Waals surface area contributed by atoms with Crippen LogP contribution in [-0.4, -0.2) is 5.97 Å². The van der Waals surface area contributed by atoms with Crippen LogP contribution in [0, 0.1) is 0 Å². The molecule has 0 spiro atoms. The molecule has 112 valence electrons. The molecule has 0 aliphatic rings. The summed E-state index contributed by atoms with van der Waals surface area (Å²) in [6.07, 6.45) is 2.02. The van der Waals surface area contributed by atoms with Crippen LogP contribution in [-0.2, 0) is 6.42 Å². The van der Waals surface area contributed by atoms with E-state index < -0.39 is 11.6 Å². The summed E-state index contributed by atoms with van der Waals surface area (Å²) in [6.45, 7) is 1.92. The van der Waals surface area contributed by atoms with Crippen molar-refractivity contribution in [2.75, 3.05) is 0 Å². The van der Waals surface area contributed by atoms with Gasteiger partial charge in [0.1, 0.15) is 5.58 Å². The zero-order valence-corrected chi connectivity index (χ0v) is 12.3. The van der Waals surface area contributed by atoms with E-state index in [4.69, 9.17) is 25.2 Å². The number of aryl methyl sites for hydroxylation is 1. The topological polar surface area (TPSA) is 69.7 Å². The number of ether oxygens (including phenoxy) is 1. The van der Waals surface area contributed by atoms with E-state index in [-0.39, 0.29) is 16.5 Å². The fourth-order valence-electron chi connectivity index (χ4n) is 2.14. The number of hydrogen-bond donors (Lipinski definition) is 0. The second-order valence-corrected chi connectivity index (χ2v) is 5.00. The highest BCUT2D eigenvalue weighted by Crippen LogP contribution is 2.31. The SMILES string of the molecule is CCc1cc(=O)oc2cc(OC(=O)c3ccco3)c(Cl)cc12. The first-order valence-corrected chi connectivity index (χ1v) is 6.98. The van der Waals surface area contributed by atoms with Gasteiger partial charge in [-0.15, -0.1) is 0 Å². The molecule has 22 heavy (non-hydrogen) atoms. The molecule has 0 aliphatic heterocycles. The standard InChI is InChI=1S/C16H11ClO5/c1-2-9-6-15(18)21-13-8-14(11(17)7-10(9)13)22-16(19)12-4-3-5-20-12/h3-8H,2H2,1H3. The van der Waals surface area contributed by atoms with E-state index in [0.29, 0.717) is 17.4 Å². The molecule has 3 aromatic rings. The zero-order valence-electron chi connectivity index (χ0n) is 11.6. The van der Waals surface area contributed by atoms with Crippen LogP contribution < -0.4 is 10.4 Å². The number of furan rings is 1. The van der Waals surface area contributed by atoms with Crippen molar-refractivity contribution in [2.45, 2.75) is 13.3 Å². The highest BCUT2D eigenvalue weighted by molar-refractivity contribution is 6.33. The van der Waals surface area contributed by atoms with E-state index in [9.17, 15) is 9.59 Å². The highest BCUT2D eigenvalue weighted by Gasteiger charge is 2.16. The molecule has 0 fully saturated rings. The zero-order chi connectivity index (χ0) is 15.7. The molecule has 0 atom stereocenters. The summed E-state index contributed by atoms with van der Waals surface area (Å²) in [4.78, 5) is 23.4. The van der Waals surface area contributed by atoms with E-state index >= 15 is 0 Å². The van der Waals surface area contributed by atoms with Crippen molar-refractivity contribution < 1.29 is 18.4 Å². The lowest BCUT2D eigenvalue weighted by molar-refractivity contribution is 0.0701. The van der Waals surface area contributed by atoms with E-state index in [1.807, 2.05) is 6.92 Å². The first kappa shape index (κ1) is 14.4. The first-order chi connectivity index (χ1) is 10.6. The number of hydrogen-bond acceptors (Lipinski definition) is 5. The number of fused-ring (bicyclic) bond motifs is 1. The number of carbonyl (C=O) groups excluding carboxylic acids is 1. The Bertz CT molecular complexity index is 893. The van der Waals surface area contributed by atoms with Crippen molar-refractivity contribution in [3.05, 3.63) is 63.4 Å². The molecule has 1 aromatic carbocycles. The summed E-state index contributed by atoms with van der Waals surface area (Å²) in [5, 5.41) is 0.959. The molecule has 0 N–H and O–H groups in total. The van der Waals surface area contributed by atoms with E-state index in [0.717, 1.165) is 5.56 Å². The van der Waals surface area contributed by atoms with Crippen LogP contribution >= 0.6 is 11.6 Å². The maximum atomic E-state index is 11.9. The molecule has 3 rings (SSSR count). The van der Waals surface area contributed by atoms with Crippen molar-refractivity contribution in [3.8, 4) is 5.75 Å². The minimum Gasteiger partial charge on any atom is -0.457 e. The van der Waals surface area contributed by atoms with Crippen LogP contribution in [0.4, 0.5) is 0 Å². The van der Waals surface area contributed by atoms with Crippen molar-refractivity contribution in [1.82, 2.24) is 0 Å². The van der Waals surface area contributed by atoms with Crippen molar-refractivity contribution >= 4 is 28.5 Å². The van der Waals surface area contributed by atoms with Crippen LogP contribution in [0.1, 0.15) is 23.0 Å². The van der Waals surface area contributed by atoms with Crippen LogP contribution in [0.3, 0.4) is 0 Å². The fourth-order valence-corrected chi connectivity index (χ4v) is 2.35. The predicted octanol–water partition coefficient (Wildman–Crippen LogP) is 3.82. The van der Waals surface area contributed by atoms with Crippen LogP contribution in [0.2, 0.25) is 5.02 Å². The second kappa shape index (κ2) is 5.69. The maximum Gasteiger partial charge on any atom is 0.379 e. The number of rotatable bonds is 3. The Balaban J connectivity index is 2.06. The first-order valence-electron chi connectivity index (χ1n) is 6.60. The van der Waals surface area contributed by atoms with E-state index in [1.165, 1.54) is 24.5 Å². The lowest BCUT2D eigenvalue weighted by Crippen LogP contribution is -2.08. The quantitative estimate of drug-likeness (QED) is 0.417. The Hall–Kier alpha value is -2.53. The fraction of sp³-hybridized carbons (Fsp3) is 0.125. The summed E-state index contributed by atoms with van der Waals surface area (Å²) < 4.78 is 15.3. The lowest BCUT2D eigenvalue weighted by atomic mass is 10.1. The van der Waals surface area contributed by atoms with Crippen molar-refractivity contribution in [3.63, 3.8) is 0 Å². The maximum absolute atomic E-state index is 11.9. The molecule has 2 heterocycles. The van der Waals surface area contributed by atoms with Gasteiger partial charge in [-0.3, -0.25) is 0 Å². The number of esters is 1. The minimum atomic E-state index is -0.680. The van der Waals surface area contributed by atoms with Crippen LogP contribution in [0.15, 0.2) is 50.2 Å². The van der Waals surface area contributed by atoms with Crippen LogP contribution in [0.25, 0.3) is 11.0 Å². The highest BCUT2D eigenvalue weighted by atomic mass is 35.5. The van der Waals surface area contributed by atoms with Gasteiger partial charge in [-0.25, -0.2) is 9.59 Å². The van der Waals surface area contributed by atoms with Gasteiger partial charge in [0.2, 0.25) is 5.76 Å². The summed E-state index contributed by atoms with van der Waals surface area (Å²) in [5.41, 5.74) is 0.669. The van der Waals surface area contributed by atoms with Gasteiger partial charge >= 0.3 is 11.6 Å².